The van der Waals surface area contributed by atoms with Gasteiger partial charge in [0.25, 0.3) is 0 Å². The highest BCUT2D eigenvalue weighted by Gasteiger charge is 2.72. The molecule has 4 unspecified atom stereocenters. The molecule has 240 valence electrons. The van der Waals surface area contributed by atoms with Crippen LogP contribution in [0.3, 0.4) is 0 Å². The zero-order valence-corrected chi connectivity index (χ0v) is 26.7. The van der Waals surface area contributed by atoms with Crippen molar-refractivity contribution in [3.8, 4) is 0 Å². The molecular weight excluding hydrogens is 534 g/mol. The zero-order chi connectivity index (χ0) is 30.5. The summed E-state index contributed by atoms with van der Waals surface area (Å²) in [5, 5.41) is 39.8. The van der Waals surface area contributed by atoms with E-state index in [2.05, 4.69) is 38.3 Å². The maximum Gasteiger partial charge on any atom is 0.407 e. The first-order valence-electron chi connectivity index (χ1n) is 16.8. The minimum absolute atomic E-state index is 0.0967. The van der Waals surface area contributed by atoms with E-state index in [1.807, 2.05) is 0 Å². The number of nitrogens with two attached hydrogens (primary N) is 1. The molecule has 6 rings (SSSR count). The van der Waals surface area contributed by atoms with Crippen LogP contribution in [-0.2, 0) is 9.47 Å². The molecule has 1 amide bonds. The average Bonchev–Trinajstić information content (AvgIpc) is 3.05. The Hall–Kier alpha value is -0.970. The highest BCUT2D eigenvalue weighted by molar-refractivity contribution is 5.68. The molecular formula is C33H57N3O6. The average molecular weight is 592 g/mol. The molecule has 0 radical (unpaired) electrons. The van der Waals surface area contributed by atoms with Gasteiger partial charge in [-0.2, -0.15) is 0 Å². The van der Waals surface area contributed by atoms with Crippen LogP contribution < -0.4 is 16.4 Å². The molecule has 2 aliphatic heterocycles. The number of aliphatic hydroxyl groups excluding tert-OH is 2. The van der Waals surface area contributed by atoms with Gasteiger partial charge in [-0.25, -0.2) is 4.79 Å². The van der Waals surface area contributed by atoms with E-state index in [1.165, 1.54) is 0 Å². The molecule has 9 heteroatoms. The summed E-state index contributed by atoms with van der Waals surface area (Å²) in [5.41, 5.74) is 5.21. The van der Waals surface area contributed by atoms with Crippen molar-refractivity contribution >= 4 is 6.09 Å². The van der Waals surface area contributed by atoms with Crippen molar-refractivity contribution in [1.29, 1.82) is 0 Å². The molecule has 12 atom stereocenters. The Morgan fingerprint density at radius 3 is 2.50 bits per heavy atom. The predicted molar refractivity (Wildman–Crippen MR) is 159 cm³/mol. The number of fused-ring (bicyclic) bond motifs is 5. The van der Waals surface area contributed by atoms with Crippen LogP contribution in [0, 0.1) is 39.9 Å². The standard InChI is InChI=1S/C33H57N3O6/c1-18-14-21(26(37)30(4,5)40)41-25-24(18)31(6)11-7-12-32-13-10-23(42-28(39)36-20-16-35-17-20)29(2,3)22(32)9-8-19(15-32)33(31,34)27(25)38/h18-27,35,37-38,40H,7-17,34H2,1-6H3,(H,36,39)/t18-,19?,21?,22+,23+,24+,25?,26+,27+,31-,32?,33+/m1/s1. The van der Waals surface area contributed by atoms with Crippen LogP contribution in [0.2, 0.25) is 0 Å². The van der Waals surface area contributed by atoms with Crippen LogP contribution in [0.25, 0.3) is 0 Å². The van der Waals surface area contributed by atoms with Crippen molar-refractivity contribution in [2.75, 3.05) is 13.1 Å². The Bertz CT molecular complexity index is 1050. The molecule has 6 aliphatic rings. The van der Waals surface area contributed by atoms with Crippen LogP contribution >= 0.6 is 0 Å². The summed E-state index contributed by atoms with van der Waals surface area (Å²) in [6.07, 6.45) is 5.31. The molecule has 4 saturated carbocycles. The van der Waals surface area contributed by atoms with Gasteiger partial charge in [0.2, 0.25) is 0 Å². The summed E-state index contributed by atoms with van der Waals surface area (Å²) in [7, 11) is 0. The third-order valence-electron chi connectivity index (χ3n) is 13.7. The third kappa shape index (κ3) is 4.50. The lowest BCUT2D eigenvalue weighted by molar-refractivity contribution is -0.202. The molecule has 2 saturated heterocycles. The Labute approximate surface area is 252 Å². The van der Waals surface area contributed by atoms with Gasteiger partial charge in [0.05, 0.1) is 35.5 Å². The van der Waals surface area contributed by atoms with Gasteiger partial charge in [-0.15, -0.1) is 0 Å². The van der Waals surface area contributed by atoms with E-state index in [-0.39, 0.29) is 52.2 Å². The molecule has 9 nitrogen and oxygen atoms in total. The highest BCUT2D eigenvalue weighted by Crippen LogP contribution is 2.69. The largest absolute Gasteiger partial charge is 0.446 e. The van der Waals surface area contributed by atoms with E-state index < -0.39 is 35.6 Å². The van der Waals surface area contributed by atoms with Crippen LogP contribution in [0.15, 0.2) is 0 Å². The van der Waals surface area contributed by atoms with Crippen LogP contribution in [0.4, 0.5) is 4.79 Å². The lowest BCUT2D eigenvalue weighted by atomic mass is 9.43. The second kappa shape index (κ2) is 10.3. The number of hydrogen-bond donors (Lipinski definition) is 6. The fourth-order valence-corrected chi connectivity index (χ4v) is 11.5. The van der Waals surface area contributed by atoms with E-state index >= 15 is 0 Å². The van der Waals surface area contributed by atoms with Gasteiger partial charge in [-0.05, 0) is 99.7 Å². The predicted octanol–water partition coefficient (Wildman–Crippen LogP) is 3.08. The van der Waals surface area contributed by atoms with Crippen molar-refractivity contribution in [1.82, 2.24) is 10.6 Å². The van der Waals surface area contributed by atoms with Crippen molar-refractivity contribution in [3.63, 3.8) is 0 Å². The van der Waals surface area contributed by atoms with Crippen LogP contribution in [0.5, 0.6) is 0 Å². The lowest BCUT2D eigenvalue weighted by Crippen LogP contribution is -2.67. The molecule has 0 aromatic heterocycles. The Balaban J connectivity index is 1.24. The maximum atomic E-state index is 12.7. The number of carbonyl (C=O) groups excluding carboxylic acids is 1. The summed E-state index contributed by atoms with van der Waals surface area (Å²) in [6.45, 7) is 13.9. The molecule has 2 bridgehead atoms. The molecule has 0 aromatic rings. The fourth-order valence-electron chi connectivity index (χ4n) is 11.5. The lowest BCUT2D eigenvalue weighted by Gasteiger charge is -2.63. The smallest absolute Gasteiger partial charge is 0.407 e. The summed E-state index contributed by atoms with van der Waals surface area (Å²) in [4.78, 5) is 12.7. The van der Waals surface area contributed by atoms with Crippen molar-refractivity contribution in [2.24, 2.45) is 45.7 Å². The summed E-state index contributed by atoms with van der Waals surface area (Å²) >= 11 is 0. The summed E-state index contributed by atoms with van der Waals surface area (Å²) in [6, 6.07) is 0.161. The van der Waals surface area contributed by atoms with E-state index in [9.17, 15) is 20.1 Å². The van der Waals surface area contributed by atoms with Gasteiger partial charge in [-0.3, -0.25) is 0 Å². The highest BCUT2D eigenvalue weighted by atomic mass is 16.6. The Kier molecular flexibility index (Phi) is 7.59. The van der Waals surface area contributed by atoms with Crippen molar-refractivity contribution in [3.05, 3.63) is 0 Å². The molecule has 6 fully saturated rings. The molecule has 7 N–H and O–H groups in total. The number of carbonyl (C=O) groups is 1. The van der Waals surface area contributed by atoms with Gasteiger partial charge >= 0.3 is 6.09 Å². The first-order chi connectivity index (χ1) is 19.5. The maximum absolute atomic E-state index is 12.7. The SMILES string of the molecule is C[C@@H]1CC([C@H](O)C(C)(C)O)OC2[C@H]1[C@@]1(C)CCCC34CC[C@H](OC(=O)NC5CNC5)C(C)(C)[C@@H]3CCC(C4)[C@]1(N)[C@H]2O. The first kappa shape index (κ1) is 31.0. The van der Waals surface area contributed by atoms with Crippen molar-refractivity contribution < 1.29 is 29.6 Å². The van der Waals surface area contributed by atoms with Gasteiger partial charge < -0.3 is 41.2 Å². The second-order valence-electron chi connectivity index (χ2n) is 16.8. The number of aliphatic hydroxyl groups is 3. The minimum atomic E-state index is -1.29. The van der Waals surface area contributed by atoms with Gasteiger partial charge in [0.1, 0.15) is 12.2 Å². The minimum Gasteiger partial charge on any atom is -0.446 e. The first-order valence-corrected chi connectivity index (χ1v) is 16.8. The molecule has 2 heterocycles. The molecule has 42 heavy (non-hydrogen) atoms. The monoisotopic (exact) mass is 591 g/mol. The zero-order valence-electron chi connectivity index (χ0n) is 26.7. The number of rotatable bonds is 4. The third-order valence-corrected chi connectivity index (χ3v) is 13.7. The normalized spacial score (nSPS) is 49.3. The fraction of sp³-hybridized carbons (Fsp3) is 0.970. The van der Waals surface area contributed by atoms with Crippen LogP contribution in [0.1, 0.15) is 99.3 Å². The number of ether oxygens (including phenoxy) is 2. The number of amides is 1. The summed E-state index contributed by atoms with van der Waals surface area (Å²) in [5.74, 6) is 0.887. The number of hydrogen-bond acceptors (Lipinski definition) is 8. The van der Waals surface area contributed by atoms with E-state index in [0.717, 1.165) is 64.5 Å². The Morgan fingerprint density at radius 2 is 1.86 bits per heavy atom. The van der Waals surface area contributed by atoms with Gasteiger partial charge in [-0.1, -0.05) is 34.1 Å². The molecule has 4 aliphatic carbocycles. The van der Waals surface area contributed by atoms with E-state index in [1.54, 1.807) is 13.8 Å². The van der Waals surface area contributed by atoms with Crippen molar-refractivity contribution in [2.45, 2.75) is 147 Å². The quantitative estimate of drug-likeness (QED) is 0.293. The van der Waals surface area contributed by atoms with E-state index in [4.69, 9.17) is 15.2 Å². The number of alkyl carbamates (subject to hydrolysis) is 1. The van der Waals surface area contributed by atoms with Crippen LogP contribution in [-0.4, -0.2) is 82.2 Å². The summed E-state index contributed by atoms with van der Waals surface area (Å²) < 4.78 is 12.7. The Morgan fingerprint density at radius 1 is 1.14 bits per heavy atom. The topological polar surface area (TPSA) is 146 Å². The van der Waals surface area contributed by atoms with E-state index in [0.29, 0.717) is 12.3 Å². The van der Waals surface area contributed by atoms with Gasteiger partial charge in [0, 0.05) is 18.5 Å². The molecule has 1 spiro atoms. The van der Waals surface area contributed by atoms with Gasteiger partial charge in [0.15, 0.2) is 0 Å². The number of nitrogens with one attached hydrogen (secondary N) is 2. The molecule has 0 aromatic carbocycles. The second-order valence-corrected chi connectivity index (χ2v) is 16.8.